The highest BCUT2D eigenvalue weighted by Gasteiger charge is 2.17. The second-order valence-electron chi connectivity index (χ2n) is 6.52. The standard InChI is InChI=1S/C20H19FN4O/c1-13-4-7-16(8-5-13)25-19(26)17-11-14(21)6-9-18(17)24-20(25)23-15-3-2-10-22-12-15/h4-9,11-12,15H,2-3,10H2,1H3,(H,23,24). The predicted octanol–water partition coefficient (Wildman–Crippen LogP) is 3.48. The second-order valence-corrected chi connectivity index (χ2v) is 6.52. The molecule has 2 heterocycles. The number of benzene rings is 2. The van der Waals surface area contributed by atoms with E-state index in [0.717, 1.165) is 24.9 Å². The summed E-state index contributed by atoms with van der Waals surface area (Å²) in [4.78, 5) is 22.0. The van der Waals surface area contributed by atoms with Crippen molar-refractivity contribution in [3.05, 3.63) is 64.2 Å². The number of fused-ring (bicyclic) bond motifs is 1. The number of anilines is 1. The lowest BCUT2D eigenvalue weighted by atomic mass is 10.1. The first-order chi connectivity index (χ1) is 12.6. The summed E-state index contributed by atoms with van der Waals surface area (Å²) in [5.74, 6) is -0.0108. The van der Waals surface area contributed by atoms with E-state index >= 15 is 0 Å². The smallest absolute Gasteiger partial charge is 0.267 e. The van der Waals surface area contributed by atoms with Crippen LogP contribution in [0.15, 0.2) is 52.3 Å². The average Bonchev–Trinajstić information content (AvgIpc) is 2.65. The third kappa shape index (κ3) is 3.10. The summed E-state index contributed by atoms with van der Waals surface area (Å²) >= 11 is 0. The van der Waals surface area contributed by atoms with Crippen molar-refractivity contribution < 1.29 is 4.39 Å². The molecule has 1 unspecified atom stereocenters. The van der Waals surface area contributed by atoms with Crippen molar-refractivity contribution in [3.63, 3.8) is 0 Å². The molecule has 26 heavy (non-hydrogen) atoms. The van der Waals surface area contributed by atoms with Gasteiger partial charge >= 0.3 is 0 Å². The molecule has 6 heteroatoms. The summed E-state index contributed by atoms with van der Waals surface area (Å²) < 4.78 is 15.2. The number of aliphatic imine (C=N–C) groups is 1. The number of halogens is 1. The molecule has 4 rings (SSSR count). The quantitative estimate of drug-likeness (QED) is 0.787. The van der Waals surface area contributed by atoms with E-state index in [1.54, 1.807) is 0 Å². The van der Waals surface area contributed by atoms with E-state index in [2.05, 4.69) is 15.3 Å². The van der Waals surface area contributed by atoms with E-state index in [-0.39, 0.29) is 17.0 Å². The van der Waals surface area contributed by atoms with E-state index in [1.807, 2.05) is 37.4 Å². The molecule has 132 valence electrons. The van der Waals surface area contributed by atoms with Gasteiger partial charge in [-0.3, -0.25) is 9.79 Å². The minimum atomic E-state index is -0.452. The summed E-state index contributed by atoms with van der Waals surface area (Å²) in [6.07, 6.45) is 3.78. The lowest BCUT2D eigenvalue weighted by molar-refractivity contribution is 0.629. The number of nitrogens with one attached hydrogen (secondary N) is 1. The molecule has 0 bridgehead atoms. The maximum Gasteiger partial charge on any atom is 0.267 e. The van der Waals surface area contributed by atoms with Crippen LogP contribution in [0.2, 0.25) is 0 Å². The van der Waals surface area contributed by atoms with E-state index in [0.29, 0.717) is 17.2 Å². The zero-order valence-corrected chi connectivity index (χ0v) is 14.4. The van der Waals surface area contributed by atoms with Gasteiger partial charge in [-0.25, -0.2) is 13.9 Å². The third-order valence-electron chi connectivity index (χ3n) is 4.52. The summed E-state index contributed by atoms with van der Waals surface area (Å²) in [7, 11) is 0. The molecule has 1 atom stereocenters. The SMILES string of the molecule is Cc1ccc(-n2c(NC3C=NCCC3)nc3ccc(F)cc3c2=O)cc1. The van der Waals surface area contributed by atoms with E-state index < -0.39 is 5.82 Å². The molecule has 1 aliphatic rings. The summed E-state index contributed by atoms with van der Waals surface area (Å²) in [6, 6.07) is 11.7. The van der Waals surface area contributed by atoms with E-state index in [9.17, 15) is 9.18 Å². The van der Waals surface area contributed by atoms with Crippen LogP contribution >= 0.6 is 0 Å². The highest BCUT2D eigenvalue weighted by Crippen LogP contribution is 2.19. The van der Waals surface area contributed by atoms with Crippen LogP contribution < -0.4 is 10.9 Å². The van der Waals surface area contributed by atoms with Crippen LogP contribution in [0.3, 0.4) is 0 Å². The van der Waals surface area contributed by atoms with Gasteiger partial charge in [0.25, 0.3) is 5.56 Å². The molecule has 0 radical (unpaired) electrons. The van der Waals surface area contributed by atoms with Gasteiger partial charge in [0, 0.05) is 12.8 Å². The lowest BCUT2D eigenvalue weighted by Gasteiger charge is -2.21. The van der Waals surface area contributed by atoms with Crippen molar-refractivity contribution in [3.8, 4) is 5.69 Å². The number of hydrogen-bond donors (Lipinski definition) is 1. The summed E-state index contributed by atoms with van der Waals surface area (Å²) in [6.45, 7) is 2.81. The number of aryl methyl sites for hydroxylation is 1. The fourth-order valence-corrected chi connectivity index (χ4v) is 3.14. The third-order valence-corrected chi connectivity index (χ3v) is 4.52. The van der Waals surface area contributed by atoms with Crippen molar-refractivity contribution in [2.45, 2.75) is 25.8 Å². The van der Waals surface area contributed by atoms with Gasteiger partial charge in [-0.05, 0) is 50.1 Å². The Kier molecular flexibility index (Phi) is 4.24. The monoisotopic (exact) mass is 350 g/mol. The number of nitrogens with zero attached hydrogens (tertiary/aromatic N) is 3. The normalized spacial score (nSPS) is 16.8. The van der Waals surface area contributed by atoms with Gasteiger partial charge in [-0.1, -0.05) is 17.7 Å². The van der Waals surface area contributed by atoms with Crippen molar-refractivity contribution >= 4 is 23.1 Å². The van der Waals surface area contributed by atoms with Crippen LogP contribution in [0.5, 0.6) is 0 Å². The highest BCUT2D eigenvalue weighted by atomic mass is 19.1. The molecule has 1 aliphatic heterocycles. The van der Waals surface area contributed by atoms with Crippen molar-refractivity contribution in [2.75, 3.05) is 11.9 Å². The molecule has 1 N–H and O–H groups in total. The molecule has 3 aromatic rings. The Morgan fingerprint density at radius 1 is 1.19 bits per heavy atom. The first kappa shape index (κ1) is 16.4. The van der Waals surface area contributed by atoms with Gasteiger partial charge in [-0.2, -0.15) is 0 Å². The Labute approximate surface area is 150 Å². The molecule has 0 amide bonds. The Morgan fingerprint density at radius 3 is 2.73 bits per heavy atom. The van der Waals surface area contributed by atoms with Gasteiger partial charge in [0.2, 0.25) is 5.95 Å². The maximum atomic E-state index is 13.7. The highest BCUT2D eigenvalue weighted by molar-refractivity contribution is 5.80. The summed E-state index contributed by atoms with van der Waals surface area (Å²) in [5, 5.41) is 3.58. The Hall–Kier alpha value is -3.02. The van der Waals surface area contributed by atoms with Crippen LogP contribution in [0.1, 0.15) is 18.4 Å². The minimum absolute atomic E-state index is 0.0187. The van der Waals surface area contributed by atoms with Crippen LogP contribution in [0.25, 0.3) is 16.6 Å². The number of aromatic nitrogens is 2. The summed E-state index contributed by atoms with van der Waals surface area (Å²) in [5.41, 5.74) is 1.95. The van der Waals surface area contributed by atoms with Gasteiger partial charge < -0.3 is 5.32 Å². The largest absolute Gasteiger partial charge is 0.348 e. The first-order valence-corrected chi connectivity index (χ1v) is 8.68. The van der Waals surface area contributed by atoms with Gasteiger partial charge in [0.1, 0.15) is 5.82 Å². The Balaban J connectivity index is 1.92. The van der Waals surface area contributed by atoms with E-state index in [4.69, 9.17) is 0 Å². The molecule has 5 nitrogen and oxygen atoms in total. The molecule has 1 aromatic heterocycles. The molecule has 0 spiro atoms. The van der Waals surface area contributed by atoms with Crippen LogP contribution in [-0.4, -0.2) is 28.4 Å². The van der Waals surface area contributed by atoms with Crippen molar-refractivity contribution in [1.29, 1.82) is 0 Å². The molecule has 0 saturated carbocycles. The minimum Gasteiger partial charge on any atom is -0.348 e. The van der Waals surface area contributed by atoms with Crippen molar-refractivity contribution in [1.82, 2.24) is 9.55 Å². The topological polar surface area (TPSA) is 59.3 Å². The average molecular weight is 350 g/mol. The molecular weight excluding hydrogens is 331 g/mol. The predicted molar refractivity (Wildman–Crippen MR) is 102 cm³/mol. The molecular formula is C20H19FN4O. The van der Waals surface area contributed by atoms with Crippen LogP contribution in [0, 0.1) is 12.7 Å². The fraction of sp³-hybridized carbons (Fsp3) is 0.250. The Bertz CT molecular complexity index is 1040. The van der Waals surface area contributed by atoms with Crippen LogP contribution in [0.4, 0.5) is 10.3 Å². The Morgan fingerprint density at radius 2 is 2.00 bits per heavy atom. The second kappa shape index (κ2) is 6.71. The van der Waals surface area contributed by atoms with Gasteiger partial charge in [0.15, 0.2) is 0 Å². The van der Waals surface area contributed by atoms with Crippen LogP contribution in [-0.2, 0) is 0 Å². The molecule has 0 saturated heterocycles. The van der Waals surface area contributed by atoms with Gasteiger partial charge in [0.05, 0.1) is 22.6 Å². The maximum absolute atomic E-state index is 13.7. The number of rotatable bonds is 3. The van der Waals surface area contributed by atoms with E-state index in [1.165, 1.54) is 22.8 Å². The zero-order valence-electron chi connectivity index (χ0n) is 14.4. The lowest BCUT2D eigenvalue weighted by Crippen LogP contribution is -2.30. The first-order valence-electron chi connectivity index (χ1n) is 8.68. The fourth-order valence-electron chi connectivity index (χ4n) is 3.14. The number of hydrogen-bond acceptors (Lipinski definition) is 4. The molecule has 0 fully saturated rings. The van der Waals surface area contributed by atoms with Crippen molar-refractivity contribution in [2.24, 2.45) is 4.99 Å². The molecule has 0 aliphatic carbocycles. The van der Waals surface area contributed by atoms with Gasteiger partial charge in [-0.15, -0.1) is 0 Å². The molecule has 2 aromatic carbocycles. The zero-order chi connectivity index (χ0) is 18.1.